The lowest BCUT2D eigenvalue weighted by Gasteiger charge is -2.09. The fraction of sp³-hybridized carbons (Fsp3) is 0.200. The Bertz CT molecular complexity index is 1050. The topological polar surface area (TPSA) is 61.8 Å². The summed E-state index contributed by atoms with van der Waals surface area (Å²) in [7, 11) is 0. The lowest BCUT2D eigenvalue weighted by molar-refractivity contribution is -0.134. The van der Waals surface area contributed by atoms with Crippen molar-refractivity contribution in [3.05, 3.63) is 94.0 Å². The van der Waals surface area contributed by atoms with Gasteiger partial charge in [-0.2, -0.15) is 0 Å². The smallest absolute Gasteiger partial charge is 0.338 e. The molecule has 0 spiro atoms. The van der Waals surface area contributed by atoms with Gasteiger partial charge in [0.05, 0.1) is 23.8 Å². The fourth-order valence-electron chi connectivity index (χ4n) is 2.85. The molecule has 0 unspecified atom stereocenters. The van der Waals surface area contributed by atoms with Crippen LogP contribution in [-0.4, -0.2) is 25.2 Å². The summed E-state index contributed by atoms with van der Waals surface area (Å²) in [6.07, 6.45) is 1.22. The highest BCUT2D eigenvalue weighted by Crippen LogP contribution is 2.27. The predicted molar refractivity (Wildman–Crippen MR) is 124 cm³/mol. The maximum atomic E-state index is 12.3. The van der Waals surface area contributed by atoms with E-state index in [-0.39, 0.29) is 18.8 Å². The molecule has 0 heterocycles. The molecule has 0 aliphatic rings. The molecule has 0 aromatic heterocycles. The van der Waals surface area contributed by atoms with E-state index in [2.05, 4.69) is 0 Å². The van der Waals surface area contributed by atoms with Crippen molar-refractivity contribution in [2.75, 3.05) is 13.2 Å². The Morgan fingerprint density at radius 3 is 2.44 bits per heavy atom. The molecule has 3 aromatic rings. The zero-order valence-corrected chi connectivity index (χ0v) is 18.8. The van der Waals surface area contributed by atoms with Crippen molar-refractivity contribution in [2.45, 2.75) is 19.3 Å². The first kappa shape index (κ1) is 23.6. The minimum absolute atomic E-state index is 0.150. The number of ether oxygens (including phenoxy) is 3. The number of carbonyl (C=O) groups is 2. The summed E-state index contributed by atoms with van der Waals surface area (Å²) in [5.41, 5.74) is 1.41. The predicted octanol–water partition coefficient (Wildman–Crippen LogP) is 6.16. The summed E-state index contributed by atoms with van der Waals surface area (Å²) in [5.74, 6) is -0.102. The Kier molecular flexibility index (Phi) is 8.96. The molecule has 3 aromatic carbocycles. The third-order valence-electron chi connectivity index (χ3n) is 4.44. The zero-order chi connectivity index (χ0) is 22.8. The minimum atomic E-state index is -0.466. The number of esters is 2. The molecule has 0 fully saturated rings. The van der Waals surface area contributed by atoms with E-state index >= 15 is 0 Å². The molecule has 166 valence electrons. The molecule has 3 rings (SSSR count). The molecule has 0 saturated heterocycles. The Morgan fingerprint density at radius 2 is 1.66 bits per heavy atom. The summed E-state index contributed by atoms with van der Waals surface area (Å²) < 4.78 is 16.2. The van der Waals surface area contributed by atoms with Gasteiger partial charge in [0.15, 0.2) is 0 Å². The van der Waals surface area contributed by atoms with Crippen LogP contribution in [0.25, 0.3) is 0 Å². The van der Waals surface area contributed by atoms with Crippen molar-refractivity contribution in [1.82, 2.24) is 0 Å². The van der Waals surface area contributed by atoms with Gasteiger partial charge in [0.2, 0.25) is 0 Å². The monoisotopic (exact) mass is 472 g/mol. The fourth-order valence-corrected chi connectivity index (χ4v) is 3.31. The Hall–Kier alpha value is -3.02. The highest BCUT2D eigenvalue weighted by molar-refractivity contribution is 6.35. The molecule has 0 atom stereocenters. The number of rotatable bonds is 10. The molecule has 0 radical (unpaired) electrons. The number of carbonyl (C=O) groups excluding carboxylic acids is 2. The molecule has 0 amide bonds. The largest absolute Gasteiger partial charge is 0.492 e. The van der Waals surface area contributed by atoms with Gasteiger partial charge >= 0.3 is 11.9 Å². The third kappa shape index (κ3) is 7.59. The van der Waals surface area contributed by atoms with Crippen molar-refractivity contribution >= 4 is 35.1 Å². The van der Waals surface area contributed by atoms with Crippen LogP contribution in [0.1, 0.15) is 28.8 Å². The number of hydrogen-bond acceptors (Lipinski definition) is 5. The van der Waals surface area contributed by atoms with Crippen LogP contribution in [0.5, 0.6) is 11.5 Å². The quantitative estimate of drug-likeness (QED) is 0.201. The van der Waals surface area contributed by atoms with E-state index in [1.807, 2.05) is 30.3 Å². The molecular formula is C25H22Cl2O5. The van der Waals surface area contributed by atoms with Crippen molar-refractivity contribution in [3.63, 3.8) is 0 Å². The van der Waals surface area contributed by atoms with Crippen LogP contribution in [0.15, 0.2) is 72.8 Å². The van der Waals surface area contributed by atoms with E-state index in [9.17, 15) is 9.59 Å². The Morgan fingerprint density at radius 1 is 0.844 bits per heavy atom. The van der Waals surface area contributed by atoms with Crippen LogP contribution >= 0.6 is 23.2 Å². The van der Waals surface area contributed by atoms with Gasteiger partial charge in [0.25, 0.3) is 0 Å². The van der Waals surface area contributed by atoms with Crippen LogP contribution in [-0.2, 0) is 16.0 Å². The second-order valence-corrected chi connectivity index (χ2v) is 7.74. The number of halogens is 2. The average molecular weight is 473 g/mol. The molecule has 0 aliphatic carbocycles. The van der Waals surface area contributed by atoms with Gasteiger partial charge < -0.3 is 14.2 Å². The second-order valence-electron chi connectivity index (χ2n) is 6.90. The molecule has 0 N–H and O–H groups in total. The van der Waals surface area contributed by atoms with E-state index in [1.165, 1.54) is 6.07 Å². The van der Waals surface area contributed by atoms with E-state index in [4.69, 9.17) is 37.4 Å². The molecule has 0 aliphatic heterocycles. The van der Waals surface area contributed by atoms with Gasteiger partial charge in [0, 0.05) is 17.9 Å². The van der Waals surface area contributed by atoms with Crippen molar-refractivity contribution in [3.8, 4) is 11.5 Å². The lowest BCUT2D eigenvalue weighted by Crippen LogP contribution is -2.11. The van der Waals surface area contributed by atoms with E-state index in [1.54, 1.807) is 36.4 Å². The second kappa shape index (κ2) is 12.1. The van der Waals surface area contributed by atoms with Crippen molar-refractivity contribution in [1.29, 1.82) is 0 Å². The minimum Gasteiger partial charge on any atom is -0.492 e. The highest BCUT2D eigenvalue weighted by atomic mass is 35.5. The van der Waals surface area contributed by atoms with Crippen LogP contribution in [0.3, 0.4) is 0 Å². The molecule has 7 heteroatoms. The van der Waals surface area contributed by atoms with Crippen molar-refractivity contribution < 1.29 is 23.8 Å². The summed E-state index contributed by atoms with van der Waals surface area (Å²) in [6.45, 7) is 0.564. The number of benzene rings is 3. The summed E-state index contributed by atoms with van der Waals surface area (Å²) in [5, 5.41) is 0.931. The first-order valence-corrected chi connectivity index (χ1v) is 10.9. The summed E-state index contributed by atoms with van der Waals surface area (Å²) >= 11 is 11.9. The maximum Gasteiger partial charge on any atom is 0.338 e. The summed E-state index contributed by atoms with van der Waals surface area (Å²) in [4.78, 5) is 24.4. The van der Waals surface area contributed by atoms with Gasteiger partial charge in [-0.15, -0.1) is 0 Å². The van der Waals surface area contributed by atoms with Crippen LogP contribution in [0.2, 0.25) is 10.0 Å². The molecule has 0 bridgehead atoms. The Balaban J connectivity index is 1.41. The van der Waals surface area contributed by atoms with Crippen LogP contribution in [0.4, 0.5) is 0 Å². The van der Waals surface area contributed by atoms with Gasteiger partial charge in [-0.1, -0.05) is 59.6 Å². The molecule has 0 saturated carbocycles. The molecule has 5 nitrogen and oxygen atoms in total. The zero-order valence-electron chi connectivity index (χ0n) is 17.3. The third-order valence-corrected chi connectivity index (χ3v) is 4.98. The normalized spacial score (nSPS) is 10.4. The van der Waals surface area contributed by atoms with Gasteiger partial charge in [-0.25, -0.2) is 4.79 Å². The SMILES string of the molecule is O=C(CCCOc1ccc(Cl)cc1Cl)Oc1cccc(C(=O)OCCc2ccccc2)c1. The average Bonchev–Trinajstić information content (AvgIpc) is 2.79. The first-order chi connectivity index (χ1) is 15.5. The van der Waals surface area contributed by atoms with E-state index in [0.29, 0.717) is 40.8 Å². The Labute approximate surface area is 196 Å². The standard InChI is InChI=1S/C25H22Cl2O5/c26-20-11-12-23(22(27)17-20)30-14-5-10-24(28)32-21-9-4-8-19(16-21)25(29)31-15-13-18-6-2-1-3-7-18/h1-4,6-9,11-12,16-17H,5,10,13-15H2. The van der Waals surface area contributed by atoms with Gasteiger partial charge in [-0.05, 0) is 48.4 Å². The molecular weight excluding hydrogens is 451 g/mol. The van der Waals surface area contributed by atoms with E-state index in [0.717, 1.165) is 5.56 Å². The first-order valence-electron chi connectivity index (χ1n) is 10.1. The van der Waals surface area contributed by atoms with Gasteiger partial charge in [0.1, 0.15) is 11.5 Å². The molecule has 32 heavy (non-hydrogen) atoms. The van der Waals surface area contributed by atoms with Crippen molar-refractivity contribution in [2.24, 2.45) is 0 Å². The van der Waals surface area contributed by atoms with Crippen LogP contribution in [0, 0.1) is 0 Å². The summed E-state index contributed by atoms with van der Waals surface area (Å²) in [6, 6.07) is 21.1. The van der Waals surface area contributed by atoms with E-state index < -0.39 is 11.9 Å². The lowest BCUT2D eigenvalue weighted by atomic mass is 10.2. The highest BCUT2D eigenvalue weighted by Gasteiger charge is 2.11. The maximum absolute atomic E-state index is 12.3. The number of hydrogen-bond donors (Lipinski definition) is 0. The van der Waals surface area contributed by atoms with Gasteiger partial charge in [-0.3, -0.25) is 4.79 Å². The van der Waals surface area contributed by atoms with Crippen LogP contribution < -0.4 is 9.47 Å².